The molecule has 0 aliphatic carbocycles. The maximum atomic E-state index is 11.4. The van der Waals surface area contributed by atoms with Crippen LogP contribution in [0.1, 0.15) is 10.4 Å². The molecule has 3 rings (SSSR count). The second-order valence-electron chi connectivity index (χ2n) is 4.16. The fraction of sp³-hybridized carbons (Fsp3) is 0. The Balaban J connectivity index is 2.31. The molecule has 6 heteroatoms. The van der Waals surface area contributed by atoms with Gasteiger partial charge in [-0.2, -0.15) is 0 Å². The van der Waals surface area contributed by atoms with Gasteiger partial charge in [0.25, 0.3) is 0 Å². The quantitative estimate of drug-likeness (QED) is 0.686. The largest absolute Gasteiger partial charge is 0.478 e. The third kappa shape index (κ3) is 2.44. The molecule has 0 atom stereocenters. The van der Waals surface area contributed by atoms with Gasteiger partial charge in [-0.3, -0.25) is 0 Å². The first-order valence-corrected chi connectivity index (χ1v) is 7.67. The highest BCUT2D eigenvalue weighted by Crippen LogP contribution is 2.31. The molecular formula is C14H7BrClNO2S. The van der Waals surface area contributed by atoms with Gasteiger partial charge in [-0.1, -0.05) is 27.5 Å². The number of carboxylic acid groups (broad SMARTS) is 1. The lowest BCUT2D eigenvalue weighted by molar-refractivity contribution is 0.0699. The van der Waals surface area contributed by atoms with Crippen LogP contribution >= 0.6 is 38.9 Å². The minimum absolute atomic E-state index is 0.230. The Bertz CT molecular complexity index is 831. The lowest BCUT2D eigenvalue weighted by atomic mass is 10.1. The number of carbonyl (C=O) groups is 1. The highest BCUT2D eigenvalue weighted by molar-refractivity contribution is 9.10. The van der Waals surface area contributed by atoms with Crippen molar-refractivity contribution in [2.75, 3.05) is 0 Å². The predicted octanol–water partition coefficient (Wildman–Crippen LogP) is 5.08. The summed E-state index contributed by atoms with van der Waals surface area (Å²) in [6.07, 6.45) is 0. The van der Waals surface area contributed by atoms with E-state index in [-0.39, 0.29) is 5.56 Å². The Morgan fingerprint density at radius 2 is 2.10 bits per heavy atom. The number of aromatic carboxylic acids is 1. The van der Waals surface area contributed by atoms with E-state index in [9.17, 15) is 9.90 Å². The molecule has 3 nitrogen and oxygen atoms in total. The van der Waals surface area contributed by atoms with E-state index < -0.39 is 5.97 Å². The monoisotopic (exact) mass is 367 g/mol. The van der Waals surface area contributed by atoms with Crippen LogP contribution in [-0.2, 0) is 0 Å². The van der Waals surface area contributed by atoms with Gasteiger partial charge >= 0.3 is 5.97 Å². The number of hydrogen-bond donors (Lipinski definition) is 1. The summed E-state index contributed by atoms with van der Waals surface area (Å²) in [6, 6.07) is 8.76. The third-order valence-corrected chi connectivity index (χ3v) is 4.45. The van der Waals surface area contributed by atoms with E-state index in [1.54, 1.807) is 24.3 Å². The summed E-state index contributed by atoms with van der Waals surface area (Å²) in [5, 5.41) is 11.9. The summed E-state index contributed by atoms with van der Waals surface area (Å²) in [6.45, 7) is 0. The standard InChI is InChI=1S/C14H7BrClNO2S/c15-8-1-2-11-9(4-8)10(14(18)19)5-12(17-11)7-3-13(16)20-6-7/h1-6H,(H,18,19). The summed E-state index contributed by atoms with van der Waals surface area (Å²) in [5.41, 5.74) is 2.31. The molecular weight excluding hydrogens is 362 g/mol. The molecule has 0 amide bonds. The van der Waals surface area contributed by atoms with Crippen molar-refractivity contribution in [2.24, 2.45) is 0 Å². The first-order chi connectivity index (χ1) is 9.54. The Morgan fingerprint density at radius 3 is 2.75 bits per heavy atom. The number of benzene rings is 1. The Labute approximate surface area is 132 Å². The van der Waals surface area contributed by atoms with Crippen molar-refractivity contribution in [3.05, 3.63) is 50.1 Å². The molecule has 3 aromatic rings. The first kappa shape index (κ1) is 13.5. The number of fused-ring (bicyclic) bond motifs is 1. The number of rotatable bonds is 2. The molecule has 0 aliphatic rings. The molecule has 2 aromatic heterocycles. The van der Waals surface area contributed by atoms with Crippen molar-refractivity contribution in [1.29, 1.82) is 0 Å². The SMILES string of the molecule is O=C(O)c1cc(-c2csc(Cl)c2)nc2ccc(Br)cc12. The van der Waals surface area contributed by atoms with Gasteiger partial charge in [0.05, 0.1) is 21.1 Å². The van der Waals surface area contributed by atoms with E-state index in [1.807, 2.05) is 11.4 Å². The fourth-order valence-corrected chi connectivity index (χ4v) is 3.20. The summed E-state index contributed by atoms with van der Waals surface area (Å²) in [4.78, 5) is 16.0. The van der Waals surface area contributed by atoms with Gasteiger partial charge in [0.15, 0.2) is 0 Å². The Kier molecular flexibility index (Phi) is 3.50. The number of halogens is 2. The fourth-order valence-electron chi connectivity index (χ4n) is 1.97. The molecule has 2 heterocycles. The van der Waals surface area contributed by atoms with Crippen LogP contribution in [0.4, 0.5) is 0 Å². The summed E-state index contributed by atoms with van der Waals surface area (Å²) in [7, 11) is 0. The Morgan fingerprint density at radius 1 is 1.30 bits per heavy atom. The van der Waals surface area contributed by atoms with Gasteiger partial charge < -0.3 is 5.11 Å². The van der Waals surface area contributed by atoms with Crippen LogP contribution in [0, 0.1) is 0 Å². The minimum atomic E-state index is -0.974. The molecule has 0 spiro atoms. The number of pyridine rings is 1. The van der Waals surface area contributed by atoms with Crippen molar-refractivity contribution in [3.63, 3.8) is 0 Å². The number of carboxylic acids is 1. The van der Waals surface area contributed by atoms with E-state index in [2.05, 4.69) is 20.9 Å². The van der Waals surface area contributed by atoms with Gasteiger partial charge in [-0.15, -0.1) is 11.3 Å². The molecule has 0 aliphatic heterocycles. The first-order valence-electron chi connectivity index (χ1n) is 5.62. The number of aromatic nitrogens is 1. The van der Waals surface area contributed by atoms with E-state index in [0.717, 1.165) is 10.0 Å². The maximum Gasteiger partial charge on any atom is 0.336 e. The molecule has 0 unspecified atom stereocenters. The smallest absolute Gasteiger partial charge is 0.336 e. The van der Waals surface area contributed by atoms with Crippen molar-refractivity contribution in [2.45, 2.75) is 0 Å². The minimum Gasteiger partial charge on any atom is -0.478 e. The van der Waals surface area contributed by atoms with Crippen LogP contribution in [-0.4, -0.2) is 16.1 Å². The average Bonchev–Trinajstić information content (AvgIpc) is 2.84. The maximum absolute atomic E-state index is 11.4. The predicted molar refractivity (Wildman–Crippen MR) is 84.7 cm³/mol. The van der Waals surface area contributed by atoms with Crippen LogP contribution in [0.15, 0.2) is 40.2 Å². The zero-order chi connectivity index (χ0) is 14.3. The van der Waals surface area contributed by atoms with E-state index in [4.69, 9.17) is 11.6 Å². The van der Waals surface area contributed by atoms with Crippen LogP contribution in [0.2, 0.25) is 4.34 Å². The average molecular weight is 369 g/mol. The van der Waals surface area contributed by atoms with E-state index in [0.29, 0.717) is 20.9 Å². The molecule has 20 heavy (non-hydrogen) atoms. The van der Waals surface area contributed by atoms with Gasteiger partial charge in [-0.05, 0) is 30.3 Å². The lowest BCUT2D eigenvalue weighted by Gasteiger charge is -2.06. The molecule has 0 radical (unpaired) electrons. The van der Waals surface area contributed by atoms with Crippen molar-refractivity contribution in [3.8, 4) is 11.3 Å². The molecule has 1 N–H and O–H groups in total. The van der Waals surface area contributed by atoms with Gasteiger partial charge in [0, 0.05) is 20.8 Å². The number of thiophene rings is 1. The number of hydrogen-bond acceptors (Lipinski definition) is 3. The summed E-state index contributed by atoms with van der Waals surface area (Å²) < 4.78 is 1.47. The normalized spacial score (nSPS) is 10.9. The van der Waals surface area contributed by atoms with Crippen LogP contribution in [0.3, 0.4) is 0 Å². The molecule has 0 saturated carbocycles. The highest BCUT2D eigenvalue weighted by Gasteiger charge is 2.14. The van der Waals surface area contributed by atoms with E-state index in [1.165, 1.54) is 11.3 Å². The van der Waals surface area contributed by atoms with Gasteiger partial charge in [-0.25, -0.2) is 9.78 Å². The van der Waals surface area contributed by atoms with Crippen molar-refractivity contribution in [1.82, 2.24) is 4.98 Å². The third-order valence-electron chi connectivity index (χ3n) is 2.86. The lowest BCUT2D eigenvalue weighted by Crippen LogP contribution is -2.00. The molecule has 0 saturated heterocycles. The molecule has 0 fully saturated rings. The highest BCUT2D eigenvalue weighted by atomic mass is 79.9. The van der Waals surface area contributed by atoms with Crippen LogP contribution in [0.5, 0.6) is 0 Å². The van der Waals surface area contributed by atoms with Crippen LogP contribution in [0.25, 0.3) is 22.2 Å². The summed E-state index contributed by atoms with van der Waals surface area (Å²) >= 11 is 10.7. The molecule has 1 aromatic carbocycles. The second kappa shape index (κ2) is 5.16. The number of nitrogens with zero attached hydrogens (tertiary/aromatic N) is 1. The summed E-state index contributed by atoms with van der Waals surface area (Å²) in [5.74, 6) is -0.974. The zero-order valence-electron chi connectivity index (χ0n) is 9.93. The van der Waals surface area contributed by atoms with Gasteiger partial charge in [0.1, 0.15) is 0 Å². The Hall–Kier alpha value is -1.43. The van der Waals surface area contributed by atoms with Gasteiger partial charge in [0.2, 0.25) is 0 Å². The molecule has 100 valence electrons. The zero-order valence-corrected chi connectivity index (χ0v) is 13.1. The van der Waals surface area contributed by atoms with E-state index >= 15 is 0 Å². The molecule has 0 bridgehead atoms. The van der Waals surface area contributed by atoms with Crippen molar-refractivity contribution < 1.29 is 9.90 Å². The van der Waals surface area contributed by atoms with Crippen molar-refractivity contribution >= 4 is 55.7 Å². The second-order valence-corrected chi connectivity index (χ2v) is 6.62. The van der Waals surface area contributed by atoms with Crippen LogP contribution < -0.4 is 0 Å². The topological polar surface area (TPSA) is 50.2 Å².